The van der Waals surface area contributed by atoms with Gasteiger partial charge in [-0.2, -0.15) is 0 Å². The predicted octanol–water partition coefficient (Wildman–Crippen LogP) is 3.89. The minimum atomic E-state index is -0.0901. The van der Waals surface area contributed by atoms with Crippen LogP contribution in [0, 0.1) is 6.92 Å². The molecular weight excluding hydrogens is 270 g/mol. The van der Waals surface area contributed by atoms with E-state index in [1.807, 2.05) is 13.0 Å². The van der Waals surface area contributed by atoms with Crippen LogP contribution >= 0.6 is 11.3 Å². The zero-order valence-electron chi connectivity index (χ0n) is 11.4. The smallest absolute Gasteiger partial charge is 0.265 e. The lowest BCUT2D eigenvalue weighted by Crippen LogP contribution is -2.10. The number of anilines is 1. The van der Waals surface area contributed by atoms with Crippen LogP contribution in [-0.2, 0) is 12.8 Å². The van der Waals surface area contributed by atoms with Crippen molar-refractivity contribution >= 4 is 22.9 Å². The third-order valence-electron chi connectivity index (χ3n) is 3.69. The number of hydrogen-bond acceptors (Lipinski definition) is 3. The van der Waals surface area contributed by atoms with E-state index >= 15 is 0 Å². The van der Waals surface area contributed by atoms with Gasteiger partial charge in [-0.05, 0) is 55.9 Å². The fourth-order valence-corrected chi connectivity index (χ4v) is 3.63. The molecular formula is C16H17NO2S. The second kappa shape index (κ2) is 5.29. The van der Waals surface area contributed by atoms with Crippen LogP contribution in [0.5, 0.6) is 5.75 Å². The molecule has 3 rings (SSSR count). The molecule has 1 aliphatic rings. The first-order chi connectivity index (χ1) is 9.63. The topological polar surface area (TPSA) is 49.3 Å². The Labute approximate surface area is 122 Å². The van der Waals surface area contributed by atoms with Gasteiger partial charge in [0.15, 0.2) is 0 Å². The highest BCUT2D eigenvalue weighted by molar-refractivity contribution is 7.14. The summed E-state index contributed by atoms with van der Waals surface area (Å²) in [7, 11) is 0. The first kappa shape index (κ1) is 13.2. The summed E-state index contributed by atoms with van der Waals surface area (Å²) in [4.78, 5) is 14.4. The van der Waals surface area contributed by atoms with E-state index in [1.54, 1.807) is 29.5 Å². The summed E-state index contributed by atoms with van der Waals surface area (Å²) in [5.74, 6) is 0.112. The Morgan fingerprint density at radius 1 is 1.25 bits per heavy atom. The lowest BCUT2D eigenvalue weighted by Gasteiger charge is -2.08. The molecule has 3 nitrogen and oxygen atoms in total. The minimum absolute atomic E-state index is 0.0901. The Hall–Kier alpha value is -1.81. The molecule has 104 valence electrons. The first-order valence-corrected chi connectivity index (χ1v) is 7.67. The molecule has 2 N–H and O–H groups in total. The second-order valence-electron chi connectivity index (χ2n) is 5.22. The van der Waals surface area contributed by atoms with Crippen LogP contribution in [-0.4, -0.2) is 11.0 Å². The number of nitrogens with one attached hydrogen (secondary N) is 1. The number of carbonyl (C=O) groups excluding carboxylic acids is 1. The van der Waals surface area contributed by atoms with Crippen molar-refractivity contribution in [2.75, 3.05) is 5.32 Å². The van der Waals surface area contributed by atoms with E-state index in [-0.39, 0.29) is 11.7 Å². The Balaban J connectivity index is 1.78. The molecule has 0 unspecified atom stereocenters. The van der Waals surface area contributed by atoms with Crippen LogP contribution in [0.15, 0.2) is 24.3 Å². The highest BCUT2D eigenvalue weighted by Gasteiger charge is 2.17. The molecule has 0 bridgehead atoms. The molecule has 0 atom stereocenters. The van der Waals surface area contributed by atoms with Crippen molar-refractivity contribution in [1.82, 2.24) is 0 Å². The van der Waals surface area contributed by atoms with E-state index in [9.17, 15) is 9.90 Å². The molecule has 0 fully saturated rings. The molecule has 1 amide bonds. The monoisotopic (exact) mass is 287 g/mol. The van der Waals surface area contributed by atoms with Gasteiger partial charge in [-0.25, -0.2) is 0 Å². The van der Waals surface area contributed by atoms with Gasteiger partial charge in [0, 0.05) is 16.6 Å². The second-order valence-corrected chi connectivity index (χ2v) is 6.36. The highest BCUT2D eigenvalue weighted by atomic mass is 32.1. The number of rotatable bonds is 2. The van der Waals surface area contributed by atoms with Gasteiger partial charge in [-0.15, -0.1) is 11.3 Å². The van der Waals surface area contributed by atoms with Gasteiger partial charge in [0.25, 0.3) is 5.91 Å². The maximum Gasteiger partial charge on any atom is 0.265 e. The standard InChI is InChI=1S/C16H17NO2S/c1-10-6-7-12(9-13(10)18)17-16(19)15-8-11-4-2-3-5-14(11)20-15/h6-9,18H,2-5H2,1H3,(H,17,19). The van der Waals surface area contributed by atoms with E-state index in [0.717, 1.165) is 23.3 Å². The molecule has 1 aromatic carbocycles. The summed E-state index contributed by atoms with van der Waals surface area (Å²) in [5.41, 5.74) is 2.76. The fraction of sp³-hybridized carbons (Fsp3) is 0.312. The van der Waals surface area contributed by atoms with Crippen LogP contribution in [0.4, 0.5) is 5.69 Å². The largest absolute Gasteiger partial charge is 0.508 e. The predicted molar refractivity (Wildman–Crippen MR) is 81.8 cm³/mol. The number of hydrogen-bond donors (Lipinski definition) is 2. The Bertz CT molecular complexity index is 637. The molecule has 0 saturated heterocycles. The van der Waals surface area contributed by atoms with Gasteiger partial charge in [-0.1, -0.05) is 6.07 Å². The number of fused-ring (bicyclic) bond motifs is 1. The number of phenols is 1. The molecule has 0 saturated carbocycles. The summed E-state index contributed by atoms with van der Waals surface area (Å²) in [6.07, 6.45) is 4.63. The molecule has 0 spiro atoms. The summed E-state index contributed by atoms with van der Waals surface area (Å²) < 4.78 is 0. The fourth-order valence-electron chi connectivity index (χ4n) is 2.48. The quantitative estimate of drug-likeness (QED) is 0.880. The maximum absolute atomic E-state index is 12.2. The van der Waals surface area contributed by atoms with E-state index in [0.29, 0.717) is 5.69 Å². The van der Waals surface area contributed by atoms with Crippen LogP contribution in [0.3, 0.4) is 0 Å². The zero-order valence-corrected chi connectivity index (χ0v) is 12.2. The average Bonchev–Trinajstić information content (AvgIpc) is 2.87. The normalized spacial score (nSPS) is 13.8. The first-order valence-electron chi connectivity index (χ1n) is 6.86. The number of amides is 1. The van der Waals surface area contributed by atoms with Gasteiger partial charge >= 0.3 is 0 Å². The van der Waals surface area contributed by atoms with Crippen molar-refractivity contribution in [3.63, 3.8) is 0 Å². The number of aromatic hydroxyl groups is 1. The molecule has 2 aromatic rings. The van der Waals surface area contributed by atoms with Gasteiger partial charge in [-0.3, -0.25) is 4.79 Å². The number of carbonyl (C=O) groups is 1. The summed E-state index contributed by atoms with van der Waals surface area (Å²) in [6.45, 7) is 1.83. The van der Waals surface area contributed by atoms with Gasteiger partial charge in [0.1, 0.15) is 5.75 Å². The number of thiophene rings is 1. The molecule has 0 aliphatic heterocycles. The van der Waals surface area contributed by atoms with Crippen LogP contribution < -0.4 is 5.32 Å². The minimum Gasteiger partial charge on any atom is -0.508 e. The Morgan fingerprint density at radius 3 is 2.80 bits per heavy atom. The number of benzene rings is 1. The molecule has 1 aliphatic carbocycles. The molecule has 20 heavy (non-hydrogen) atoms. The lowest BCUT2D eigenvalue weighted by molar-refractivity contribution is 0.103. The maximum atomic E-state index is 12.2. The Kier molecular flexibility index (Phi) is 3.49. The van der Waals surface area contributed by atoms with Crippen molar-refractivity contribution < 1.29 is 9.90 Å². The van der Waals surface area contributed by atoms with E-state index < -0.39 is 0 Å². The van der Waals surface area contributed by atoms with Crippen molar-refractivity contribution in [2.24, 2.45) is 0 Å². The summed E-state index contributed by atoms with van der Waals surface area (Å²) >= 11 is 1.60. The van der Waals surface area contributed by atoms with Crippen molar-refractivity contribution in [3.05, 3.63) is 45.1 Å². The van der Waals surface area contributed by atoms with Crippen molar-refractivity contribution in [2.45, 2.75) is 32.6 Å². The third kappa shape index (κ3) is 2.56. The lowest BCUT2D eigenvalue weighted by atomic mass is 9.99. The van der Waals surface area contributed by atoms with E-state index in [4.69, 9.17) is 0 Å². The number of phenolic OH excluding ortho intramolecular Hbond substituents is 1. The highest BCUT2D eigenvalue weighted by Crippen LogP contribution is 2.30. The SMILES string of the molecule is Cc1ccc(NC(=O)c2cc3c(s2)CCCC3)cc1O. The number of aryl methyl sites for hydroxylation is 3. The average molecular weight is 287 g/mol. The third-order valence-corrected chi connectivity index (χ3v) is 4.92. The molecule has 1 heterocycles. The zero-order chi connectivity index (χ0) is 14.1. The van der Waals surface area contributed by atoms with E-state index in [1.165, 1.54) is 23.3 Å². The molecule has 4 heteroatoms. The van der Waals surface area contributed by atoms with E-state index in [2.05, 4.69) is 5.32 Å². The van der Waals surface area contributed by atoms with Crippen LogP contribution in [0.1, 0.15) is 38.5 Å². The Morgan fingerprint density at radius 2 is 2.05 bits per heavy atom. The summed E-state index contributed by atoms with van der Waals surface area (Å²) in [6, 6.07) is 7.20. The van der Waals surface area contributed by atoms with Crippen molar-refractivity contribution in [1.29, 1.82) is 0 Å². The molecule has 0 radical (unpaired) electrons. The molecule has 1 aromatic heterocycles. The summed E-state index contributed by atoms with van der Waals surface area (Å²) in [5, 5.41) is 12.5. The van der Waals surface area contributed by atoms with Crippen LogP contribution in [0.25, 0.3) is 0 Å². The van der Waals surface area contributed by atoms with Gasteiger partial charge < -0.3 is 10.4 Å². The van der Waals surface area contributed by atoms with Gasteiger partial charge in [0.05, 0.1) is 4.88 Å². The van der Waals surface area contributed by atoms with Gasteiger partial charge in [0.2, 0.25) is 0 Å². The van der Waals surface area contributed by atoms with Crippen molar-refractivity contribution in [3.8, 4) is 5.75 Å². The van der Waals surface area contributed by atoms with Crippen LogP contribution in [0.2, 0.25) is 0 Å².